The van der Waals surface area contributed by atoms with Gasteiger partial charge < -0.3 is 14.5 Å². The van der Waals surface area contributed by atoms with Gasteiger partial charge in [0.05, 0.1) is 17.8 Å². The first kappa shape index (κ1) is 15.0. The number of oxime groups is 1. The van der Waals surface area contributed by atoms with Crippen LogP contribution in [-0.4, -0.2) is 38.5 Å². The second-order valence-electron chi connectivity index (χ2n) is 3.58. The first-order valence-corrected chi connectivity index (χ1v) is 6.14. The molecule has 2 atom stereocenters. The van der Waals surface area contributed by atoms with Crippen molar-refractivity contribution in [2.75, 3.05) is 12.4 Å². The minimum atomic E-state index is -2.07. The van der Waals surface area contributed by atoms with E-state index in [-0.39, 0.29) is 12.4 Å². The molecule has 0 aromatic rings. The maximum atomic E-state index is 11.6. The molecule has 0 spiro atoms. The second-order valence-corrected chi connectivity index (χ2v) is 4.52. The highest BCUT2D eigenvalue weighted by molar-refractivity contribution is 7.79. The maximum Gasteiger partial charge on any atom is 0.312 e. The molecule has 0 radical (unpaired) electrons. The molecule has 0 aliphatic carbocycles. The fourth-order valence-electron chi connectivity index (χ4n) is 1.25. The van der Waals surface area contributed by atoms with Crippen LogP contribution in [0.3, 0.4) is 0 Å². The van der Waals surface area contributed by atoms with E-state index in [4.69, 9.17) is 14.5 Å². The van der Waals surface area contributed by atoms with Crippen molar-refractivity contribution >= 4 is 23.3 Å². The van der Waals surface area contributed by atoms with Crippen molar-refractivity contribution < 1.29 is 23.5 Å². The zero-order chi connectivity index (χ0) is 12.6. The van der Waals surface area contributed by atoms with Gasteiger partial charge in [-0.1, -0.05) is 0 Å². The summed E-state index contributed by atoms with van der Waals surface area (Å²) in [6.07, 6.45) is 1.86. The van der Waals surface area contributed by atoms with Gasteiger partial charge in [0.2, 0.25) is 0 Å². The lowest BCUT2D eigenvalue weighted by Gasteiger charge is -2.24. The molecule has 0 saturated carbocycles. The lowest BCUT2D eigenvalue weighted by atomic mass is 9.88. The van der Waals surface area contributed by atoms with Crippen molar-refractivity contribution in [2.24, 2.45) is 10.6 Å². The standard InChI is InChI=1S/C9H17NO5S/c1-3-15-8(11)9(2,7-16(13)14)5-4-6-10-12/h6,12H,3-5,7H2,1-2H3,(H,13,14)/t9-/m0/s1. The van der Waals surface area contributed by atoms with Gasteiger partial charge in [-0.3, -0.25) is 4.79 Å². The Hall–Kier alpha value is -0.950. The van der Waals surface area contributed by atoms with Gasteiger partial charge in [0, 0.05) is 6.21 Å². The molecule has 0 bridgehead atoms. The Labute approximate surface area is 97.0 Å². The lowest BCUT2D eigenvalue weighted by Crippen LogP contribution is -2.35. The normalized spacial score (nSPS) is 16.9. The van der Waals surface area contributed by atoms with Crippen LogP contribution in [0.25, 0.3) is 0 Å². The molecule has 16 heavy (non-hydrogen) atoms. The minimum absolute atomic E-state index is 0.189. The number of hydrogen-bond acceptors (Lipinski definition) is 5. The Balaban J connectivity index is 4.58. The maximum absolute atomic E-state index is 11.6. The molecule has 0 aliphatic rings. The van der Waals surface area contributed by atoms with Crippen molar-refractivity contribution in [3.8, 4) is 0 Å². The number of carbonyl (C=O) groups is 1. The molecule has 0 amide bonds. The summed E-state index contributed by atoms with van der Waals surface area (Å²) >= 11 is -2.07. The molecular formula is C9H17NO5S. The number of hydrogen-bond donors (Lipinski definition) is 2. The third-order valence-electron chi connectivity index (χ3n) is 2.12. The van der Waals surface area contributed by atoms with E-state index < -0.39 is 22.5 Å². The van der Waals surface area contributed by atoms with Gasteiger partial charge in [0.25, 0.3) is 0 Å². The Bertz CT molecular complexity index is 281. The highest BCUT2D eigenvalue weighted by Gasteiger charge is 2.36. The fourth-order valence-corrected chi connectivity index (χ4v) is 2.06. The van der Waals surface area contributed by atoms with E-state index in [1.807, 2.05) is 0 Å². The molecule has 0 aliphatic heterocycles. The van der Waals surface area contributed by atoms with Crippen LogP contribution in [0.2, 0.25) is 0 Å². The van der Waals surface area contributed by atoms with Crippen LogP contribution in [-0.2, 0) is 20.6 Å². The molecule has 2 N–H and O–H groups in total. The van der Waals surface area contributed by atoms with E-state index in [1.165, 1.54) is 6.21 Å². The zero-order valence-electron chi connectivity index (χ0n) is 9.38. The molecule has 6 nitrogen and oxygen atoms in total. The lowest BCUT2D eigenvalue weighted by molar-refractivity contribution is -0.153. The SMILES string of the molecule is CCOC(=O)[C@@](C)(CCC=NO)CS(=O)O. The van der Waals surface area contributed by atoms with Crippen molar-refractivity contribution in [3.63, 3.8) is 0 Å². The highest BCUT2D eigenvalue weighted by atomic mass is 32.2. The Morgan fingerprint density at radius 2 is 2.25 bits per heavy atom. The molecule has 0 fully saturated rings. The number of esters is 1. The molecule has 0 aromatic carbocycles. The van der Waals surface area contributed by atoms with Crippen LogP contribution in [0, 0.1) is 5.41 Å². The van der Waals surface area contributed by atoms with Gasteiger partial charge in [0.15, 0.2) is 11.1 Å². The first-order valence-electron chi connectivity index (χ1n) is 4.87. The largest absolute Gasteiger partial charge is 0.466 e. The topological polar surface area (TPSA) is 96.2 Å². The molecule has 1 unspecified atom stereocenters. The van der Waals surface area contributed by atoms with Gasteiger partial charge in [-0.15, -0.1) is 5.16 Å². The summed E-state index contributed by atoms with van der Waals surface area (Å²) in [6.45, 7) is 3.45. The van der Waals surface area contributed by atoms with Gasteiger partial charge in [-0.2, -0.15) is 0 Å². The smallest absolute Gasteiger partial charge is 0.312 e. The van der Waals surface area contributed by atoms with Crippen LogP contribution in [0.15, 0.2) is 5.16 Å². The van der Waals surface area contributed by atoms with Gasteiger partial charge in [0.1, 0.15) is 0 Å². The summed E-state index contributed by atoms with van der Waals surface area (Å²) in [7, 11) is 0. The summed E-state index contributed by atoms with van der Waals surface area (Å²) in [4.78, 5) is 11.6. The van der Waals surface area contributed by atoms with E-state index in [9.17, 15) is 9.00 Å². The average molecular weight is 251 g/mol. The Morgan fingerprint density at radius 3 is 2.69 bits per heavy atom. The predicted molar refractivity (Wildman–Crippen MR) is 59.9 cm³/mol. The van der Waals surface area contributed by atoms with Crippen LogP contribution in [0.5, 0.6) is 0 Å². The third kappa shape index (κ3) is 5.22. The van der Waals surface area contributed by atoms with Crippen molar-refractivity contribution in [3.05, 3.63) is 0 Å². The number of rotatable bonds is 7. The Kier molecular flexibility index (Phi) is 6.91. The van der Waals surface area contributed by atoms with E-state index in [0.29, 0.717) is 12.8 Å². The number of nitrogens with zero attached hydrogens (tertiary/aromatic N) is 1. The van der Waals surface area contributed by atoms with Crippen LogP contribution < -0.4 is 0 Å². The highest BCUT2D eigenvalue weighted by Crippen LogP contribution is 2.25. The predicted octanol–water partition coefficient (Wildman–Crippen LogP) is 1.02. The van der Waals surface area contributed by atoms with E-state index in [2.05, 4.69) is 5.16 Å². The van der Waals surface area contributed by atoms with E-state index in [1.54, 1.807) is 13.8 Å². The molecule has 94 valence electrons. The van der Waals surface area contributed by atoms with Gasteiger partial charge >= 0.3 is 5.97 Å². The monoisotopic (exact) mass is 251 g/mol. The Morgan fingerprint density at radius 1 is 1.62 bits per heavy atom. The summed E-state index contributed by atoms with van der Waals surface area (Å²) in [5, 5.41) is 11.0. The van der Waals surface area contributed by atoms with Crippen LogP contribution in [0.4, 0.5) is 0 Å². The summed E-state index contributed by atoms with van der Waals surface area (Å²) < 4.78 is 24.5. The van der Waals surface area contributed by atoms with E-state index in [0.717, 1.165) is 0 Å². The van der Waals surface area contributed by atoms with Crippen molar-refractivity contribution in [1.82, 2.24) is 0 Å². The fraction of sp³-hybridized carbons (Fsp3) is 0.778. The number of carbonyl (C=O) groups excluding carboxylic acids is 1. The van der Waals surface area contributed by atoms with Crippen molar-refractivity contribution in [2.45, 2.75) is 26.7 Å². The molecule has 0 saturated heterocycles. The average Bonchev–Trinajstić information content (AvgIpc) is 2.17. The minimum Gasteiger partial charge on any atom is -0.466 e. The van der Waals surface area contributed by atoms with Crippen LogP contribution in [0.1, 0.15) is 26.7 Å². The summed E-state index contributed by atoms with van der Waals surface area (Å²) in [5.41, 5.74) is -1.03. The first-order chi connectivity index (χ1) is 7.46. The summed E-state index contributed by atoms with van der Waals surface area (Å²) in [6, 6.07) is 0. The van der Waals surface area contributed by atoms with E-state index >= 15 is 0 Å². The molecule has 0 heterocycles. The van der Waals surface area contributed by atoms with Crippen LogP contribution >= 0.6 is 0 Å². The molecule has 0 rings (SSSR count). The zero-order valence-corrected chi connectivity index (χ0v) is 10.2. The second kappa shape index (κ2) is 7.34. The number of ether oxygens (including phenoxy) is 1. The van der Waals surface area contributed by atoms with Gasteiger partial charge in [-0.05, 0) is 26.7 Å². The molecular weight excluding hydrogens is 234 g/mol. The van der Waals surface area contributed by atoms with Gasteiger partial charge in [-0.25, -0.2) is 4.21 Å². The quantitative estimate of drug-likeness (QED) is 0.231. The van der Waals surface area contributed by atoms with Crippen molar-refractivity contribution in [1.29, 1.82) is 0 Å². The summed E-state index contributed by atoms with van der Waals surface area (Å²) in [5.74, 6) is -0.700. The third-order valence-corrected chi connectivity index (χ3v) is 3.00. The molecule has 0 aromatic heterocycles. The molecule has 7 heteroatoms.